The predicted octanol–water partition coefficient (Wildman–Crippen LogP) is 1.61. The monoisotopic (exact) mass is 393 g/mol. The molecule has 9 nitrogen and oxygen atoms in total. The van der Waals surface area contributed by atoms with E-state index >= 15 is 0 Å². The number of methoxy groups -OCH3 is 1. The zero-order valence-electron chi connectivity index (χ0n) is 15.7. The van der Waals surface area contributed by atoms with Crippen molar-refractivity contribution in [1.29, 1.82) is 0 Å². The molecule has 9 heteroatoms. The number of pyridine rings is 1. The van der Waals surface area contributed by atoms with Gasteiger partial charge in [0.25, 0.3) is 5.91 Å². The Morgan fingerprint density at radius 1 is 1.34 bits per heavy atom. The lowest BCUT2D eigenvalue weighted by Gasteiger charge is -2.24. The van der Waals surface area contributed by atoms with Gasteiger partial charge in [-0.1, -0.05) is 6.07 Å². The van der Waals surface area contributed by atoms with Crippen LogP contribution in [0, 0.1) is 0 Å². The molecular formula is C20H19N5O4. The number of aromatic nitrogens is 3. The van der Waals surface area contributed by atoms with Crippen LogP contribution in [0.2, 0.25) is 0 Å². The van der Waals surface area contributed by atoms with E-state index in [0.717, 1.165) is 16.9 Å². The molecule has 3 heterocycles. The van der Waals surface area contributed by atoms with E-state index < -0.39 is 5.91 Å². The summed E-state index contributed by atoms with van der Waals surface area (Å²) in [6.45, 7) is -0.249. The van der Waals surface area contributed by atoms with Crippen molar-refractivity contribution in [2.75, 3.05) is 19.0 Å². The van der Waals surface area contributed by atoms with Crippen molar-refractivity contribution in [2.24, 2.45) is 5.73 Å². The molecule has 0 aliphatic carbocycles. The van der Waals surface area contributed by atoms with Gasteiger partial charge in [-0.15, -0.1) is 0 Å². The maximum absolute atomic E-state index is 12.4. The molecule has 148 valence electrons. The van der Waals surface area contributed by atoms with Gasteiger partial charge in [-0.05, 0) is 29.8 Å². The highest BCUT2D eigenvalue weighted by molar-refractivity contribution is 5.94. The van der Waals surface area contributed by atoms with Gasteiger partial charge >= 0.3 is 0 Å². The fraction of sp³-hybridized carbons (Fsp3) is 0.200. The molecule has 0 radical (unpaired) electrons. The maximum atomic E-state index is 12.4. The topological polar surface area (TPSA) is 121 Å². The number of hydrogen-bond acceptors (Lipinski definition) is 6. The quantitative estimate of drug-likeness (QED) is 0.656. The van der Waals surface area contributed by atoms with Gasteiger partial charge < -0.3 is 20.5 Å². The van der Waals surface area contributed by atoms with Gasteiger partial charge in [-0.3, -0.25) is 19.1 Å². The highest BCUT2D eigenvalue weighted by atomic mass is 16.5. The van der Waals surface area contributed by atoms with Crippen LogP contribution >= 0.6 is 0 Å². The second kappa shape index (κ2) is 7.63. The van der Waals surface area contributed by atoms with Crippen molar-refractivity contribution < 1.29 is 19.1 Å². The molecule has 2 aromatic heterocycles. The Morgan fingerprint density at radius 3 is 2.93 bits per heavy atom. The highest BCUT2D eigenvalue weighted by Gasteiger charge is 2.31. The van der Waals surface area contributed by atoms with Crippen molar-refractivity contribution in [3.63, 3.8) is 0 Å². The SMILES string of the molecule is COc1cc([C@@H]2CC(=O)Nc3c2ncn3-c2cccnc2)ccc1OCC(N)=O. The Balaban J connectivity index is 1.71. The number of fused-ring (bicyclic) bond motifs is 1. The average molecular weight is 393 g/mol. The number of imidazole rings is 1. The lowest BCUT2D eigenvalue weighted by Crippen LogP contribution is -2.25. The lowest BCUT2D eigenvalue weighted by atomic mass is 9.89. The third-order valence-electron chi connectivity index (χ3n) is 4.66. The number of carbonyl (C=O) groups is 2. The van der Waals surface area contributed by atoms with Crippen molar-refractivity contribution >= 4 is 17.6 Å². The Labute approximate surface area is 166 Å². The third kappa shape index (κ3) is 3.62. The summed E-state index contributed by atoms with van der Waals surface area (Å²) in [6.07, 6.45) is 5.30. The molecule has 3 aromatic rings. The Kier molecular flexibility index (Phi) is 4.86. The van der Waals surface area contributed by atoms with E-state index in [2.05, 4.69) is 15.3 Å². The van der Waals surface area contributed by atoms with Crippen molar-refractivity contribution in [1.82, 2.24) is 14.5 Å². The number of nitrogens with zero attached hydrogens (tertiary/aromatic N) is 3. The summed E-state index contributed by atoms with van der Waals surface area (Å²) in [5.41, 5.74) is 7.53. The van der Waals surface area contributed by atoms with Gasteiger partial charge in [0.1, 0.15) is 12.1 Å². The smallest absolute Gasteiger partial charge is 0.255 e. The van der Waals surface area contributed by atoms with Gasteiger partial charge in [-0.25, -0.2) is 4.98 Å². The molecule has 0 saturated heterocycles. The number of nitrogens with two attached hydrogens (primary N) is 1. The lowest BCUT2D eigenvalue weighted by molar-refractivity contribution is -0.120. The van der Waals surface area contributed by atoms with Crippen LogP contribution in [-0.2, 0) is 9.59 Å². The van der Waals surface area contributed by atoms with Crippen LogP contribution in [0.3, 0.4) is 0 Å². The summed E-state index contributed by atoms with van der Waals surface area (Å²) >= 11 is 0. The van der Waals surface area contributed by atoms with E-state index in [1.54, 1.807) is 35.4 Å². The van der Waals surface area contributed by atoms with Gasteiger partial charge in [0, 0.05) is 18.5 Å². The van der Waals surface area contributed by atoms with Crippen LogP contribution < -0.4 is 20.5 Å². The fourth-order valence-corrected chi connectivity index (χ4v) is 3.34. The first kappa shape index (κ1) is 18.5. The van der Waals surface area contributed by atoms with E-state index in [0.29, 0.717) is 17.3 Å². The summed E-state index contributed by atoms with van der Waals surface area (Å²) in [4.78, 5) is 32.1. The Morgan fingerprint density at radius 2 is 2.21 bits per heavy atom. The number of rotatable bonds is 6. The second-order valence-electron chi connectivity index (χ2n) is 6.53. The summed E-state index contributed by atoms with van der Waals surface area (Å²) in [7, 11) is 1.51. The number of primary amides is 1. The number of benzene rings is 1. The van der Waals surface area contributed by atoms with Crippen LogP contribution in [0.25, 0.3) is 5.69 Å². The standard InChI is InChI=1S/C20H19N5O4/c1-28-16-7-12(4-5-15(16)29-10-17(21)26)14-8-18(27)24-20-19(14)23-11-25(20)13-3-2-6-22-9-13/h2-7,9,11,14H,8,10H2,1H3,(H2,21,26)(H,24,27)/t14-/m0/s1. The molecule has 1 aromatic carbocycles. The third-order valence-corrected chi connectivity index (χ3v) is 4.66. The first-order valence-electron chi connectivity index (χ1n) is 8.93. The van der Waals surface area contributed by atoms with Crippen LogP contribution in [-0.4, -0.2) is 40.1 Å². The molecule has 0 bridgehead atoms. The zero-order chi connectivity index (χ0) is 20.4. The molecule has 0 unspecified atom stereocenters. The van der Waals surface area contributed by atoms with Gasteiger partial charge in [0.15, 0.2) is 18.1 Å². The van der Waals surface area contributed by atoms with E-state index in [9.17, 15) is 9.59 Å². The van der Waals surface area contributed by atoms with Crippen LogP contribution in [0.4, 0.5) is 5.82 Å². The first-order valence-corrected chi connectivity index (χ1v) is 8.93. The molecule has 0 fully saturated rings. The molecule has 29 heavy (non-hydrogen) atoms. The number of hydrogen-bond donors (Lipinski definition) is 2. The minimum absolute atomic E-state index is 0.110. The van der Waals surface area contributed by atoms with Gasteiger partial charge in [0.05, 0.1) is 24.7 Å². The van der Waals surface area contributed by atoms with E-state index in [4.69, 9.17) is 15.2 Å². The maximum Gasteiger partial charge on any atom is 0.255 e. The first-order chi connectivity index (χ1) is 14.1. The minimum atomic E-state index is -0.578. The van der Waals surface area contributed by atoms with Crippen molar-refractivity contribution in [3.8, 4) is 17.2 Å². The number of amides is 2. The minimum Gasteiger partial charge on any atom is -0.493 e. The molecule has 0 saturated carbocycles. The van der Waals surface area contributed by atoms with Crippen LogP contribution in [0.1, 0.15) is 23.6 Å². The number of anilines is 1. The Hall–Kier alpha value is -3.88. The van der Waals surface area contributed by atoms with Crippen molar-refractivity contribution in [3.05, 3.63) is 60.3 Å². The van der Waals surface area contributed by atoms with Crippen LogP contribution in [0.5, 0.6) is 11.5 Å². The fourth-order valence-electron chi connectivity index (χ4n) is 3.34. The number of nitrogens with one attached hydrogen (secondary N) is 1. The van der Waals surface area contributed by atoms with E-state index in [-0.39, 0.29) is 24.9 Å². The number of ether oxygens (including phenoxy) is 2. The molecule has 4 rings (SSSR count). The molecule has 3 N–H and O–H groups in total. The summed E-state index contributed by atoms with van der Waals surface area (Å²) < 4.78 is 12.6. The molecule has 2 amide bonds. The molecule has 1 aliphatic heterocycles. The predicted molar refractivity (Wildman–Crippen MR) is 104 cm³/mol. The zero-order valence-corrected chi connectivity index (χ0v) is 15.7. The Bertz CT molecular complexity index is 1060. The van der Waals surface area contributed by atoms with Gasteiger partial charge in [0.2, 0.25) is 5.91 Å². The number of carbonyl (C=O) groups excluding carboxylic acids is 2. The largest absolute Gasteiger partial charge is 0.493 e. The van der Waals surface area contributed by atoms with Crippen molar-refractivity contribution in [2.45, 2.75) is 12.3 Å². The molecule has 1 aliphatic rings. The second-order valence-corrected chi connectivity index (χ2v) is 6.53. The normalized spacial score (nSPS) is 15.3. The van der Waals surface area contributed by atoms with E-state index in [1.165, 1.54) is 7.11 Å². The van der Waals surface area contributed by atoms with E-state index in [1.807, 2.05) is 18.2 Å². The molecule has 1 atom stereocenters. The summed E-state index contributed by atoms with van der Waals surface area (Å²) in [5, 5.41) is 2.91. The summed E-state index contributed by atoms with van der Waals surface area (Å²) in [6, 6.07) is 9.01. The molecule has 0 spiro atoms. The average Bonchev–Trinajstić information content (AvgIpc) is 3.15. The van der Waals surface area contributed by atoms with Gasteiger partial charge in [-0.2, -0.15) is 0 Å². The summed E-state index contributed by atoms with van der Waals surface area (Å²) in [5.74, 6) is 0.522. The molecular weight excluding hydrogens is 374 g/mol. The highest BCUT2D eigenvalue weighted by Crippen LogP contribution is 2.40. The van der Waals surface area contributed by atoms with Crippen LogP contribution in [0.15, 0.2) is 49.1 Å².